The Labute approximate surface area is 78.4 Å². The van der Waals surface area contributed by atoms with Crippen molar-refractivity contribution in [2.45, 2.75) is 31.1 Å². The van der Waals surface area contributed by atoms with Crippen molar-refractivity contribution < 1.29 is 8.42 Å². The summed E-state index contributed by atoms with van der Waals surface area (Å²) in [6, 6.07) is 0.154. The molecule has 0 aromatic heterocycles. The van der Waals surface area contributed by atoms with E-state index in [-0.39, 0.29) is 6.04 Å². The van der Waals surface area contributed by atoms with Crippen molar-refractivity contribution in [1.29, 1.82) is 0 Å². The number of thioether (sulfide) groups is 1. The number of sulfonamides is 1. The molecule has 0 spiro atoms. The van der Waals surface area contributed by atoms with Gasteiger partial charge in [0.25, 0.3) is 0 Å². The van der Waals surface area contributed by atoms with E-state index in [0.29, 0.717) is 5.25 Å². The van der Waals surface area contributed by atoms with Gasteiger partial charge in [-0.3, -0.25) is 0 Å². The summed E-state index contributed by atoms with van der Waals surface area (Å²) in [5.41, 5.74) is 0. The Balaban J connectivity index is 2.36. The van der Waals surface area contributed by atoms with Gasteiger partial charge in [-0.2, -0.15) is 11.8 Å². The zero-order valence-electron chi connectivity index (χ0n) is 7.41. The number of hydrogen-bond acceptors (Lipinski definition) is 3. The van der Waals surface area contributed by atoms with Crippen molar-refractivity contribution in [3.63, 3.8) is 0 Å². The Hall–Kier alpha value is 0.260. The van der Waals surface area contributed by atoms with Gasteiger partial charge in [0.15, 0.2) is 0 Å². The van der Waals surface area contributed by atoms with E-state index < -0.39 is 10.0 Å². The van der Waals surface area contributed by atoms with Gasteiger partial charge in [-0.15, -0.1) is 0 Å². The van der Waals surface area contributed by atoms with Crippen LogP contribution in [-0.2, 0) is 10.0 Å². The molecule has 1 N–H and O–H groups in total. The topological polar surface area (TPSA) is 46.2 Å². The van der Waals surface area contributed by atoms with Crippen molar-refractivity contribution in [2.75, 3.05) is 12.0 Å². The second-order valence-corrected chi connectivity index (χ2v) is 6.56. The number of nitrogens with one attached hydrogen (secondary N) is 1. The van der Waals surface area contributed by atoms with Gasteiger partial charge in [-0.25, -0.2) is 13.1 Å². The highest BCUT2D eigenvalue weighted by atomic mass is 32.2. The fourth-order valence-corrected chi connectivity index (χ4v) is 3.30. The smallest absolute Gasteiger partial charge is 0.208 e. The molecule has 1 rings (SSSR count). The normalized spacial score (nSPS) is 31.8. The van der Waals surface area contributed by atoms with Gasteiger partial charge in [0.2, 0.25) is 10.0 Å². The zero-order chi connectivity index (χ0) is 9.19. The summed E-state index contributed by atoms with van der Waals surface area (Å²) in [4.78, 5) is 0. The lowest BCUT2D eigenvalue weighted by atomic mass is 10.1. The lowest BCUT2D eigenvalue weighted by Gasteiger charge is -2.25. The summed E-state index contributed by atoms with van der Waals surface area (Å²) in [6.45, 7) is 2.18. The molecule has 2 atom stereocenters. The monoisotopic (exact) mass is 209 g/mol. The Kier molecular flexibility index (Phi) is 3.43. The molecular formula is C7H15NO2S2. The predicted molar refractivity (Wildman–Crippen MR) is 52.9 cm³/mol. The Morgan fingerprint density at radius 3 is 2.50 bits per heavy atom. The van der Waals surface area contributed by atoms with Crippen LogP contribution in [0.25, 0.3) is 0 Å². The average Bonchev–Trinajstić information content (AvgIpc) is 1.91. The lowest BCUT2D eigenvalue weighted by Crippen LogP contribution is -2.38. The molecule has 1 saturated heterocycles. The molecule has 1 fully saturated rings. The molecule has 0 saturated carbocycles. The maximum Gasteiger partial charge on any atom is 0.208 e. The molecule has 5 heteroatoms. The predicted octanol–water partition coefficient (Wildman–Crippen LogP) is 0.820. The molecule has 1 heterocycles. The van der Waals surface area contributed by atoms with Gasteiger partial charge in [-0.05, 0) is 12.8 Å². The summed E-state index contributed by atoms with van der Waals surface area (Å²) in [7, 11) is -3.00. The molecule has 0 aromatic carbocycles. The molecule has 12 heavy (non-hydrogen) atoms. The van der Waals surface area contributed by atoms with Crippen LogP contribution in [0.1, 0.15) is 19.8 Å². The number of hydrogen-bond donors (Lipinski definition) is 1. The van der Waals surface area contributed by atoms with Crippen LogP contribution in [-0.4, -0.2) is 31.7 Å². The van der Waals surface area contributed by atoms with E-state index in [9.17, 15) is 8.42 Å². The van der Waals surface area contributed by atoms with Crippen LogP contribution in [0.15, 0.2) is 0 Å². The molecule has 2 unspecified atom stereocenters. The molecule has 0 aliphatic carbocycles. The minimum absolute atomic E-state index is 0.154. The van der Waals surface area contributed by atoms with Gasteiger partial charge in [0.05, 0.1) is 6.26 Å². The van der Waals surface area contributed by atoms with Crippen LogP contribution in [0, 0.1) is 0 Å². The van der Waals surface area contributed by atoms with Crippen molar-refractivity contribution in [3.05, 3.63) is 0 Å². The van der Waals surface area contributed by atoms with Crippen LogP contribution in [0.5, 0.6) is 0 Å². The second-order valence-electron chi connectivity index (χ2n) is 3.31. The van der Waals surface area contributed by atoms with E-state index in [1.807, 2.05) is 11.8 Å². The molecule has 0 bridgehead atoms. The third-order valence-corrected chi connectivity index (χ3v) is 4.05. The maximum atomic E-state index is 10.9. The first-order chi connectivity index (χ1) is 5.47. The van der Waals surface area contributed by atoms with E-state index in [0.717, 1.165) is 18.6 Å². The summed E-state index contributed by atoms with van der Waals surface area (Å²) >= 11 is 1.84. The highest BCUT2D eigenvalue weighted by molar-refractivity contribution is 8.00. The van der Waals surface area contributed by atoms with Gasteiger partial charge >= 0.3 is 0 Å². The first kappa shape index (κ1) is 10.3. The molecular weight excluding hydrogens is 194 g/mol. The average molecular weight is 209 g/mol. The van der Waals surface area contributed by atoms with Crippen molar-refractivity contribution in [2.24, 2.45) is 0 Å². The Morgan fingerprint density at radius 2 is 2.08 bits per heavy atom. The molecule has 0 amide bonds. The van der Waals surface area contributed by atoms with Crippen LogP contribution in [0.3, 0.4) is 0 Å². The first-order valence-electron chi connectivity index (χ1n) is 4.06. The minimum atomic E-state index is -3.00. The van der Waals surface area contributed by atoms with Gasteiger partial charge < -0.3 is 0 Å². The first-order valence-corrected chi connectivity index (χ1v) is 7.00. The van der Waals surface area contributed by atoms with E-state index in [1.54, 1.807) is 0 Å². The van der Waals surface area contributed by atoms with Crippen LogP contribution < -0.4 is 4.72 Å². The van der Waals surface area contributed by atoms with Gasteiger partial charge in [0.1, 0.15) is 0 Å². The summed E-state index contributed by atoms with van der Waals surface area (Å²) in [5.74, 6) is 0.911. The van der Waals surface area contributed by atoms with Gasteiger partial charge in [0, 0.05) is 17.0 Å². The fourth-order valence-electron chi connectivity index (χ4n) is 1.28. The largest absolute Gasteiger partial charge is 0.213 e. The molecule has 0 radical (unpaired) electrons. The summed E-state index contributed by atoms with van der Waals surface area (Å²) in [5, 5.41) is 0.683. The molecule has 1 aliphatic heterocycles. The molecule has 0 aromatic rings. The molecule has 72 valence electrons. The summed E-state index contributed by atoms with van der Waals surface area (Å²) in [6.07, 6.45) is 3.30. The van der Waals surface area contributed by atoms with Crippen LogP contribution in [0.2, 0.25) is 0 Å². The van der Waals surface area contributed by atoms with E-state index in [4.69, 9.17) is 0 Å². The van der Waals surface area contributed by atoms with E-state index in [1.165, 1.54) is 6.26 Å². The van der Waals surface area contributed by atoms with E-state index >= 15 is 0 Å². The van der Waals surface area contributed by atoms with Gasteiger partial charge in [-0.1, -0.05) is 6.92 Å². The number of rotatable bonds is 2. The van der Waals surface area contributed by atoms with Crippen molar-refractivity contribution in [3.8, 4) is 0 Å². The SMILES string of the molecule is CC1CCC(NS(C)(=O)=O)CS1. The Morgan fingerprint density at radius 1 is 1.42 bits per heavy atom. The molecule has 3 nitrogen and oxygen atoms in total. The standard InChI is InChI=1S/C7H15NO2S2/c1-6-3-4-7(5-11-6)8-12(2,9)10/h6-8H,3-5H2,1-2H3. The van der Waals surface area contributed by atoms with Crippen LogP contribution >= 0.6 is 11.8 Å². The van der Waals surface area contributed by atoms with Crippen molar-refractivity contribution >= 4 is 21.8 Å². The highest BCUT2D eigenvalue weighted by Crippen LogP contribution is 2.24. The molecule has 1 aliphatic rings. The van der Waals surface area contributed by atoms with Crippen molar-refractivity contribution in [1.82, 2.24) is 4.72 Å². The minimum Gasteiger partial charge on any atom is -0.213 e. The fraction of sp³-hybridized carbons (Fsp3) is 1.00. The van der Waals surface area contributed by atoms with E-state index in [2.05, 4.69) is 11.6 Å². The third-order valence-electron chi connectivity index (χ3n) is 1.88. The Bertz CT molecular complexity index is 230. The third kappa shape index (κ3) is 3.78. The highest BCUT2D eigenvalue weighted by Gasteiger charge is 2.20. The van der Waals surface area contributed by atoms with Crippen LogP contribution in [0.4, 0.5) is 0 Å². The zero-order valence-corrected chi connectivity index (χ0v) is 9.04. The maximum absolute atomic E-state index is 10.9. The second kappa shape index (κ2) is 3.98. The quantitative estimate of drug-likeness (QED) is 0.732. The summed E-state index contributed by atoms with van der Waals surface area (Å²) < 4.78 is 24.4. The lowest BCUT2D eigenvalue weighted by molar-refractivity contribution is 0.535.